The number of nitrogens with zero attached hydrogens (tertiary/aromatic N) is 1. The molecule has 8 heteroatoms. The summed E-state index contributed by atoms with van der Waals surface area (Å²) in [7, 11) is 1.58. The lowest BCUT2D eigenvalue weighted by molar-refractivity contribution is -0.137. The Labute approximate surface area is 114 Å². The topological polar surface area (TPSA) is 63.2 Å². The van der Waals surface area contributed by atoms with Crippen LogP contribution in [0.3, 0.4) is 0 Å². The van der Waals surface area contributed by atoms with Crippen LogP contribution in [0, 0.1) is 0 Å². The third-order valence-electron chi connectivity index (χ3n) is 2.39. The Morgan fingerprint density at radius 1 is 1.30 bits per heavy atom. The van der Waals surface area contributed by atoms with Gasteiger partial charge in [-0.2, -0.15) is 13.2 Å². The molecule has 0 aliphatic rings. The lowest BCUT2D eigenvalue weighted by atomic mass is 10.2. The van der Waals surface area contributed by atoms with E-state index in [2.05, 4.69) is 15.6 Å². The van der Waals surface area contributed by atoms with Crippen molar-refractivity contribution in [3.63, 3.8) is 0 Å². The SMILES string of the molecule is COCCNCCNC(=O)c1ccc(C(F)(F)F)cn1. The molecule has 20 heavy (non-hydrogen) atoms. The van der Waals surface area contributed by atoms with E-state index in [4.69, 9.17) is 4.74 Å². The van der Waals surface area contributed by atoms with Crippen LogP contribution in [0.15, 0.2) is 18.3 Å². The van der Waals surface area contributed by atoms with E-state index in [1.165, 1.54) is 0 Å². The maximum Gasteiger partial charge on any atom is 0.417 e. The molecule has 0 aliphatic heterocycles. The Kier molecular flexibility index (Phi) is 6.40. The minimum absolute atomic E-state index is 0.0464. The largest absolute Gasteiger partial charge is 0.417 e. The first-order valence-corrected chi connectivity index (χ1v) is 5.96. The Morgan fingerprint density at radius 2 is 2.05 bits per heavy atom. The number of methoxy groups -OCH3 is 1. The number of amides is 1. The number of carbonyl (C=O) groups excluding carboxylic acids is 1. The fraction of sp³-hybridized carbons (Fsp3) is 0.500. The first kappa shape index (κ1) is 16.4. The van der Waals surface area contributed by atoms with E-state index < -0.39 is 17.6 Å². The number of aromatic nitrogens is 1. The first-order valence-electron chi connectivity index (χ1n) is 5.96. The van der Waals surface area contributed by atoms with Gasteiger partial charge in [-0.1, -0.05) is 0 Å². The molecule has 0 bridgehead atoms. The lowest BCUT2D eigenvalue weighted by Gasteiger charge is -2.08. The van der Waals surface area contributed by atoms with Crippen molar-refractivity contribution in [2.24, 2.45) is 0 Å². The van der Waals surface area contributed by atoms with Gasteiger partial charge in [-0.25, -0.2) is 0 Å². The van der Waals surface area contributed by atoms with Gasteiger partial charge in [0, 0.05) is 32.9 Å². The molecule has 5 nitrogen and oxygen atoms in total. The Bertz CT molecular complexity index is 421. The summed E-state index contributed by atoms with van der Waals surface area (Å²) in [5, 5.41) is 5.56. The fourth-order valence-electron chi connectivity index (χ4n) is 1.35. The summed E-state index contributed by atoms with van der Waals surface area (Å²) in [6, 6.07) is 1.88. The van der Waals surface area contributed by atoms with Crippen molar-refractivity contribution in [3.05, 3.63) is 29.6 Å². The molecule has 112 valence electrons. The molecule has 0 spiro atoms. The molecule has 0 atom stereocenters. The Hall–Kier alpha value is -1.67. The van der Waals surface area contributed by atoms with Crippen molar-refractivity contribution < 1.29 is 22.7 Å². The molecule has 0 fully saturated rings. The lowest BCUT2D eigenvalue weighted by Crippen LogP contribution is -2.33. The molecule has 1 heterocycles. The highest BCUT2D eigenvalue weighted by Gasteiger charge is 2.30. The van der Waals surface area contributed by atoms with Crippen LogP contribution in [0.2, 0.25) is 0 Å². The van der Waals surface area contributed by atoms with E-state index in [0.717, 1.165) is 12.1 Å². The van der Waals surface area contributed by atoms with Crippen LogP contribution in [0.5, 0.6) is 0 Å². The highest BCUT2D eigenvalue weighted by Crippen LogP contribution is 2.28. The number of pyridine rings is 1. The average Bonchev–Trinajstić information content (AvgIpc) is 2.41. The monoisotopic (exact) mass is 291 g/mol. The van der Waals surface area contributed by atoms with E-state index in [9.17, 15) is 18.0 Å². The molecular formula is C12H16F3N3O2. The quantitative estimate of drug-likeness (QED) is 0.738. The van der Waals surface area contributed by atoms with Crippen molar-refractivity contribution in [1.29, 1.82) is 0 Å². The Morgan fingerprint density at radius 3 is 2.60 bits per heavy atom. The van der Waals surface area contributed by atoms with Gasteiger partial charge in [-0.15, -0.1) is 0 Å². The second kappa shape index (κ2) is 7.81. The van der Waals surface area contributed by atoms with Crippen LogP contribution in [0.4, 0.5) is 13.2 Å². The van der Waals surface area contributed by atoms with Crippen LogP contribution >= 0.6 is 0 Å². The molecule has 0 aliphatic carbocycles. The Balaban J connectivity index is 2.37. The van der Waals surface area contributed by atoms with Gasteiger partial charge in [-0.3, -0.25) is 9.78 Å². The molecular weight excluding hydrogens is 275 g/mol. The number of alkyl halides is 3. The van der Waals surface area contributed by atoms with Crippen molar-refractivity contribution in [3.8, 4) is 0 Å². The van der Waals surface area contributed by atoms with E-state index in [-0.39, 0.29) is 5.69 Å². The minimum Gasteiger partial charge on any atom is -0.383 e. The molecule has 0 radical (unpaired) electrons. The summed E-state index contributed by atoms with van der Waals surface area (Å²) in [6.45, 7) is 2.11. The van der Waals surface area contributed by atoms with Crippen molar-refractivity contribution in [1.82, 2.24) is 15.6 Å². The minimum atomic E-state index is -4.45. The molecule has 0 saturated carbocycles. The number of halogens is 3. The predicted octanol–water partition coefficient (Wildman–Crippen LogP) is 1.07. The molecule has 1 aromatic rings. The van der Waals surface area contributed by atoms with Crippen molar-refractivity contribution in [2.45, 2.75) is 6.18 Å². The van der Waals surface area contributed by atoms with Crippen molar-refractivity contribution in [2.75, 3.05) is 33.4 Å². The first-order chi connectivity index (χ1) is 9.45. The maximum absolute atomic E-state index is 12.3. The number of rotatable bonds is 7. The van der Waals surface area contributed by atoms with Gasteiger partial charge in [0.1, 0.15) is 5.69 Å². The fourth-order valence-corrected chi connectivity index (χ4v) is 1.35. The van der Waals surface area contributed by atoms with Gasteiger partial charge in [0.05, 0.1) is 12.2 Å². The third-order valence-corrected chi connectivity index (χ3v) is 2.39. The molecule has 0 aromatic carbocycles. The predicted molar refractivity (Wildman–Crippen MR) is 66.3 cm³/mol. The number of carbonyl (C=O) groups is 1. The summed E-state index contributed by atoms with van der Waals surface area (Å²) in [4.78, 5) is 15.1. The maximum atomic E-state index is 12.3. The highest BCUT2D eigenvalue weighted by atomic mass is 19.4. The molecule has 1 rings (SSSR count). The van der Waals surface area contributed by atoms with Gasteiger partial charge in [-0.05, 0) is 12.1 Å². The summed E-state index contributed by atoms with van der Waals surface area (Å²) in [5.74, 6) is -0.507. The zero-order valence-electron chi connectivity index (χ0n) is 11.0. The van der Waals surface area contributed by atoms with Crippen LogP contribution < -0.4 is 10.6 Å². The van der Waals surface area contributed by atoms with Crippen molar-refractivity contribution >= 4 is 5.91 Å². The van der Waals surface area contributed by atoms with E-state index >= 15 is 0 Å². The summed E-state index contributed by atoms with van der Waals surface area (Å²) in [6.07, 6.45) is -3.81. The van der Waals surface area contributed by atoms with Gasteiger partial charge in [0.25, 0.3) is 5.91 Å². The van der Waals surface area contributed by atoms with Crippen LogP contribution in [0.1, 0.15) is 16.1 Å². The molecule has 1 aromatic heterocycles. The standard InChI is InChI=1S/C12H16F3N3O2/c1-20-7-6-16-4-5-17-11(19)10-3-2-9(8-18-10)12(13,14)15/h2-3,8,16H,4-7H2,1H3,(H,17,19). The van der Waals surface area contributed by atoms with Crippen LogP contribution in [-0.4, -0.2) is 44.2 Å². The second-order valence-electron chi connectivity index (χ2n) is 3.93. The third kappa shape index (κ3) is 5.54. The molecule has 1 amide bonds. The number of ether oxygens (including phenoxy) is 1. The summed E-state index contributed by atoms with van der Waals surface area (Å²) < 4.78 is 41.8. The smallest absolute Gasteiger partial charge is 0.383 e. The zero-order valence-corrected chi connectivity index (χ0v) is 11.0. The number of nitrogens with one attached hydrogen (secondary N) is 2. The molecule has 2 N–H and O–H groups in total. The van der Waals surface area contributed by atoms with Gasteiger partial charge in [0.15, 0.2) is 0 Å². The second-order valence-corrected chi connectivity index (χ2v) is 3.93. The number of hydrogen-bond acceptors (Lipinski definition) is 4. The van der Waals surface area contributed by atoms with Gasteiger partial charge >= 0.3 is 6.18 Å². The molecule has 0 unspecified atom stereocenters. The normalized spacial score (nSPS) is 11.4. The van der Waals surface area contributed by atoms with Crippen LogP contribution in [0.25, 0.3) is 0 Å². The van der Waals surface area contributed by atoms with Gasteiger partial charge in [0.2, 0.25) is 0 Å². The van der Waals surface area contributed by atoms with E-state index in [0.29, 0.717) is 32.4 Å². The highest BCUT2D eigenvalue weighted by molar-refractivity contribution is 5.92. The van der Waals surface area contributed by atoms with Gasteiger partial charge < -0.3 is 15.4 Å². The van der Waals surface area contributed by atoms with E-state index in [1.54, 1.807) is 7.11 Å². The zero-order chi connectivity index (χ0) is 15.0. The summed E-state index contributed by atoms with van der Waals surface area (Å²) >= 11 is 0. The van der Waals surface area contributed by atoms with E-state index in [1.807, 2.05) is 0 Å². The number of hydrogen-bond donors (Lipinski definition) is 2. The molecule has 0 saturated heterocycles. The summed E-state index contributed by atoms with van der Waals surface area (Å²) in [5.41, 5.74) is -0.926. The van der Waals surface area contributed by atoms with Crippen LogP contribution in [-0.2, 0) is 10.9 Å². The average molecular weight is 291 g/mol.